The Kier molecular flexibility index (Phi) is 7.86. The van der Waals surface area contributed by atoms with E-state index < -0.39 is 29.3 Å². The van der Waals surface area contributed by atoms with Crippen LogP contribution in [-0.4, -0.2) is 19.5 Å². The molecule has 0 unspecified atom stereocenters. The van der Waals surface area contributed by atoms with E-state index >= 15 is 4.39 Å². The third-order valence-electron chi connectivity index (χ3n) is 8.79. The minimum absolute atomic E-state index is 0.0199. The summed E-state index contributed by atoms with van der Waals surface area (Å²) in [6.45, 7) is 0. The predicted molar refractivity (Wildman–Crippen MR) is 186 cm³/mol. The van der Waals surface area contributed by atoms with Crippen LogP contribution in [-0.2, 0) is 12.4 Å². The highest BCUT2D eigenvalue weighted by atomic mass is 19.4. The first kappa shape index (κ1) is 32.8. The molecule has 0 atom stereocenters. The molecule has 0 aliphatic carbocycles. The van der Waals surface area contributed by atoms with E-state index in [9.17, 15) is 26.3 Å². The van der Waals surface area contributed by atoms with Crippen LogP contribution >= 0.6 is 0 Å². The third kappa shape index (κ3) is 5.93. The Morgan fingerprint density at radius 3 is 1.40 bits per heavy atom. The molecule has 0 bridgehead atoms. The maximum atomic E-state index is 15.5. The van der Waals surface area contributed by atoms with Crippen molar-refractivity contribution in [2.45, 2.75) is 12.4 Å². The molecule has 0 N–H and O–H groups in total. The van der Waals surface area contributed by atoms with Crippen LogP contribution in [0.2, 0.25) is 0 Å². The smallest absolute Gasteiger partial charge is 0.309 e. The van der Waals surface area contributed by atoms with Crippen LogP contribution in [0.5, 0.6) is 0 Å². The molecule has 0 amide bonds. The number of fused-ring (bicyclic) bond motifs is 3. The van der Waals surface area contributed by atoms with E-state index in [4.69, 9.17) is 15.0 Å². The summed E-state index contributed by atoms with van der Waals surface area (Å²) in [5.41, 5.74) is 1.22. The first-order valence-electron chi connectivity index (χ1n) is 15.9. The second-order valence-corrected chi connectivity index (χ2v) is 12.0. The van der Waals surface area contributed by atoms with Gasteiger partial charge in [0, 0.05) is 38.7 Å². The summed E-state index contributed by atoms with van der Waals surface area (Å²) < 4.78 is 100. The van der Waals surface area contributed by atoms with Gasteiger partial charge in [0.2, 0.25) is 0 Å². The molecule has 0 spiro atoms. The van der Waals surface area contributed by atoms with Crippen molar-refractivity contribution >= 4 is 21.8 Å². The normalized spacial score (nSPS) is 12.1. The van der Waals surface area contributed by atoms with Gasteiger partial charge >= 0.3 is 12.4 Å². The lowest BCUT2D eigenvalue weighted by Crippen LogP contribution is -2.04. The summed E-state index contributed by atoms with van der Waals surface area (Å²) in [4.78, 5) is 14.4. The van der Waals surface area contributed by atoms with Crippen LogP contribution in [0.15, 0.2) is 140 Å². The zero-order valence-corrected chi connectivity index (χ0v) is 26.7. The maximum Gasteiger partial charge on any atom is 0.416 e. The van der Waals surface area contributed by atoms with E-state index in [2.05, 4.69) is 0 Å². The lowest BCUT2D eigenvalue weighted by molar-refractivity contribution is -0.138. The lowest BCUT2D eigenvalue weighted by Gasteiger charge is -2.16. The summed E-state index contributed by atoms with van der Waals surface area (Å²) in [7, 11) is 0. The van der Waals surface area contributed by atoms with E-state index in [1.807, 2.05) is 60.7 Å². The van der Waals surface area contributed by atoms with Crippen molar-refractivity contribution < 1.29 is 30.7 Å². The quantitative estimate of drug-likeness (QED) is 0.168. The van der Waals surface area contributed by atoms with Crippen LogP contribution in [0.25, 0.3) is 72.8 Å². The number of alkyl halides is 6. The number of benzene rings is 6. The molecule has 0 radical (unpaired) electrons. The van der Waals surface area contributed by atoms with Crippen molar-refractivity contribution in [1.29, 1.82) is 0 Å². The molecular weight excluding hydrogens is 681 g/mol. The summed E-state index contributed by atoms with van der Waals surface area (Å²) in [6, 6.07) is 35.4. The van der Waals surface area contributed by atoms with Crippen molar-refractivity contribution in [3.63, 3.8) is 0 Å². The molecule has 0 saturated heterocycles. The fourth-order valence-corrected chi connectivity index (χ4v) is 6.35. The minimum atomic E-state index is -4.73. The second kappa shape index (κ2) is 12.4. The molecule has 2 heterocycles. The number of rotatable bonds is 5. The van der Waals surface area contributed by atoms with Crippen molar-refractivity contribution in [3.8, 4) is 51.0 Å². The summed E-state index contributed by atoms with van der Waals surface area (Å²) in [5.74, 6) is 0.330. The first-order chi connectivity index (χ1) is 25.0. The number of aromatic nitrogens is 4. The van der Waals surface area contributed by atoms with Gasteiger partial charge < -0.3 is 4.57 Å². The zero-order chi connectivity index (χ0) is 36.2. The van der Waals surface area contributed by atoms with E-state index in [0.29, 0.717) is 39.6 Å². The second-order valence-electron chi connectivity index (χ2n) is 12.0. The average molecular weight is 705 g/mol. The Balaban J connectivity index is 1.44. The molecule has 0 aliphatic heterocycles. The van der Waals surface area contributed by atoms with Crippen LogP contribution in [0.4, 0.5) is 30.7 Å². The highest BCUT2D eigenvalue weighted by Gasteiger charge is 2.33. The van der Waals surface area contributed by atoms with Gasteiger partial charge in [0.25, 0.3) is 0 Å². The Morgan fingerprint density at radius 1 is 0.423 bits per heavy atom. The molecule has 2 aromatic heterocycles. The standard InChI is InChI=1S/C41H23F7N4/c42-34-14-8-7-13-30(34)29-18-17-28(23-33(29)39-50-37(24-9-3-1-4-10-24)49-38(51-39)25-11-5-2-6-12-25)52-35-19-15-26(40(43,44)45)21-31(35)32-22-27(41(46,47)48)16-20-36(32)52/h1-23H. The van der Waals surface area contributed by atoms with Gasteiger partial charge in [-0.15, -0.1) is 0 Å². The van der Waals surface area contributed by atoms with Gasteiger partial charge in [-0.1, -0.05) is 84.9 Å². The van der Waals surface area contributed by atoms with E-state index in [-0.39, 0.29) is 33.2 Å². The highest BCUT2D eigenvalue weighted by molar-refractivity contribution is 6.10. The molecule has 4 nitrogen and oxygen atoms in total. The van der Waals surface area contributed by atoms with Gasteiger partial charge in [-0.05, 0) is 60.2 Å². The van der Waals surface area contributed by atoms with Crippen molar-refractivity contribution in [1.82, 2.24) is 19.5 Å². The lowest BCUT2D eigenvalue weighted by atomic mass is 9.97. The topological polar surface area (TPSA) is 43.6 Å². The molecule has 8 aromatic rings. The van der Waals surface area contributed by atoms with Gasteiger partial charge in [0.05, 0.1) is 22.2 Å². The molecule has 256 valence electrons. The Morgan fingerprint density at radius 2 is 0.904 bits per heavy atom. The van der Waals surface area contributed by atoms with Crippen LogP contribution < -0.4 is 0 Å². The minimum Gasteiger partial charge on any atom is -0.309 e. The highest BCUT2D eigenvalue weighted by Crippen LogP contribution is 2.42. The fourth-order valence-electron chi connectivity index (χ4n) is 6.35. The Bertz CT molecular complexity index is 2480. The molecule has 8 rings (SSSR count). The molecule has 0 saturated carbocycles. The van der Waals surface area contributed by atoms with Gasteiger partial charge in [0.1, 0.15) is 5.82 Å². The van der Waals surface area contributed by atoms with Crippen molar-refractivity contribution in [2.24, 2.45) is 0 Å². The van der Waals surface area contributed by atoms with Gasteiger partial charge in [-0.25, -0.2) is 19.3 Å². The third-order valence-corrected chi connectivity index (χ3v) is 8.79. The van der Waals surface area contributed by atoms with Crippen LogP contribution in [0.3, 0.4) is 0 Å². The SMILES string of the molecule is Fc1ccccc1-c1ccc(-n2c3ccc(C(F)(F)F)cc3c3cc(C(F)(F)F)ccc32)cc1-c1nc(-c2ccccc2)nc(-c2ccccc2)n1. The maximum absolute atomic E-state index is 15.5. The molecule has 0 fully saturated rings. The number of hydrogen-bond acceptors (Lipinski definition) is 3. The predicted octanol–water partition coefficient (Wildman–Crippen LogP) is 11.8. The number of nitrogens with zero attached hydrogens (tertiary/aromatic N) is 4. The summed E-state index contributed by atoms with van der Waals surface area (Å²) >= 11 is 0. The monoisotopic (exact) mass is 704 g/mol. The van der Waals surface area contributed by atoms with Gasteiger partial charge in [0.15, 0.2) is 17.5 Å². The average Bonchev–Trinajstić information content (AvgIpc) is 3.48. The summed E-state index contributed by atoms with van der Waals surface area (Å²) in [6.07, 6.45) is -9.46. The molecule has 6 aromatic carbocycles. The van der Waals surface area contributed by atoms with E-state index in [0.717, 1.165) is 24.3 Å². The van der Waals surface area contributed by atoms with Gasteiger partial charge in [-0.3, -0.25) is 0 Å². The van der Waals surface area contributed by atoms with E-state index in [1.165, 1.54) is 18.2 Å². The van der Waals surface area contributed by atoms with E-state index in [1.54, 1.807) is 41.0 Å². The Labute approximate surface area is 291 Å². The Hall–Kier alpha value is -6.36. The first-order valence-corrected chi connectivity index (χ1v) is 15.9. The molecule has 0 aliphatic rings. The number of halogens is 7. The van der Waals surface area contributed by atoms with Crippen molar-refractivity contribution in [3.05, 3.63) is 156 Å². The fraction of sp³-hybridized carbons (Fsp3) is 0.0488. The van der Waals surface area contributed by atoms with Gasteiger partial charge in [-0.2, -0.15) is 26.3 Å². The largest absolute Gasteiger partial charge is 0.416 e. The molecular formula is C41H23F7N4. The zero-order valence-electron chi connectivity index (χ0n) is 26.7. The molecule has 52 heavy (non-hydrogen) atoms. The van der Waals surface area contributed by atoms with Crippen LogP contribution in [0, 0.1) is 5.82 Å². The summed E-state index contributed by atoms with van der Waals surface area (Å²) in [5, 5.41) is -0.0397. The molecule has 11 heteroatoms. The van der Waals surface area contributed by atoms with Crippen molar-refractivity contribution in [2.75, 3.05) is 0 Å². The van der Waals surface area contributed by atoms with Crippen LogP contribution in [0.1, 0.15) is 11.1 Å². The number of hydrogen-bond donors (Lipinski definition) is 0.